The zero-order valence-electron chi connectivity index (χ0n) is 16.6. The minimum absolute atomic E-state index is 0.147. The second kappa shape index (κ2) is 9.84. The van der Waals surface area contributed by atoms with Crippen molar-refractivity contribution in [3.05, 3.63) is 82.6 Å². The van der Waals surface area contributed by atoms with E-state index in [0.717, 1.165) is 0 Å². The van der Waals surface area contributed by atoms with Gasteiger partial charge in [0.15, 0.2) is 0 Å². The highest BCUT2D eigenvalue weighted by Crippen LogP contribution is 2.18. The van der Waals surface area contributed by atoms with Crippen molar-refractivity contribution in [2.45, 2.75) is 19.9 Å². The first-order valence-corrected chi connectivity index (χ1v) is 10.3. The maximum Gasteiger partial charge on any atom is 0.334 e. The van der Waals surface area contributed by atoms with Gasteiger partial charge in [0, 0.05) is 11.3 Å². The first-order valence-electron chi connectivity index (χ1n) is 9.46. The van der Waals surface area contributed by atoms with Crippen molar-refractivity contribution in [3.8, 4) is 5.75 Å². The molecule has 1 aromatic heterocycles. The summed E-state index contributed by atoms with van der Waals surface area (Å²) in [5.41, 5.74) is 1.13. The number of carbonyl (C=O) groups excluding carboxylic acids is 3. The number of benzene rings is 2. The van der Waals surface area contributed by atoms with Gasteiger partial charge in [-0.15, -0.1) is 11.3 Å². The average molecular weight is 423 g/mol. The molecule has 0 saturated heterocycles. The van der Waals surface area contributed by atoms with E-state index in [4.69, 9.17) is 4.74 Å². The standard InChI is InChI=1S/C23H22N2O4S/c1-15(2)20(25-22(27)19-9-6-14-30-19)23(28)29-18-12-10-17(11-13-18)24-21(26)16-7-4-3-5-8-16/h3-15,20H,1-2H3,(H,24,26)(H,25,27). The molecule has 2 N–H and O–H groups in total. The summed E-state index contributed by atoms with van der Waals surface area (Å²) < 4.78 is 5.44. The van der Waals surface area contributed by atoms with Gasteiger partial charge in [0.2, 0.25) is 0 Å². The van der Waals surface area contributed by atoms with E-state index in [2.05, 4.69) is 10.6 Å². The van der Waals surface area contributed by atoms with Crippen LogP contribution in [0.3, 0.4) is 0 Å². The molecule has 2 amide bonds. The van der Waals surface area contributed by atoms with Crippen molar-refractivity contribution >= 4 is 34.8 Å². The predicted molar refractivity (Wildman–Crippen MR) is 117 cm³/mol. The molecule has 0 saturated carbocycles. The highest BCUT2D eigenvalue weighted by Gasteiger charge is 2.27. The lowest BCUT2D eigenvalue weighted by Gasteiger charge is -2.20. The SMILES string of the molecule is CC(C)C(NC(=O)c1cccs1)C(=O)Oc1ccc(NC(=O)c2ccccc2)cc1. The number of carbonyl (C=O) groups is 3. The molecule has 7 heteroatoms. The van der Waals surface area contributed by atoms with Crippen LogP contribution >= 0.6 is 11.3 Å². The quantitative estimate of drug-likeness (QED) is 0.438. The van der Waals surface area contributed by atoms with Gasteiger partial charge in [0.1, 0.15) is 11.8 Å². The minimum atomic E-state index is -0.781. The molecule has 0 aliphatic rings. The molecule has 6 nitrogen and oxygen atoms in total. The summed E-state index contributed by atoms with van der Waals surface area (Å²) in [6.07, 6.45) is 0. The highest BCUT2D eigenvalue weighted by atomic mass is 32.1. The molecular formula is C23H22N2O4S. The Balaban J connectivity index is 1.61. The second-order valence-corrected chi connectivity index (χ2v) is 7.89. The summed E-state index contributed by atoms with van der Waals surface area (Å²) in [6.45, 7) is 3.67. The Morgan fingerprint density at radius 2 is 1.57 bits per heavy atom. The lowest BCUT2D eigenvalue weighted by atomic mass is 10.0. The molecule has 0 radical (unpaired) electrons. The summed E-state index contributed by atoms with van der Waals surface area (Å²) in [7, 11) is 0. The maximum atomic E-state index is 12.6. The molecule has 0 aliphatic heterocycles. The molecule has 1 atom stereocenters. The number of thiophene rings is 1. The Morgan fingerprint density at radius 3 is 2.17 bits per heavy atom. The van der Waals surface area contributed by atoms with E-state index >= 15 is 0 Å². The number of anilines is 1. The van der Waals surface area contributed by atoms with Crippen LogP contribution in [-0.2, 0) is 4.79 Å². The third-order valence-corrected chi connectivity index (χ3v) is 5.19. The predicted octanol–water partition coefficient (Wildman–Crippen LogP) is 4.36. The maximum absolute atomic E-state index is 12.6. The topological polar surface area (TPSA) is 84.5 Å². The van der Waals surface area contributed by atoms with Gasteiger partial charge < -0.3 is 15.4 Å². The Labute approximate surface area is 178 Å². The average Bonchev–Trinajstić information content (AvgIpc) is 3.28. The van der Waals surface area contributed by atoms with Crippen molar-refractivity contribution in [1.82, 2.24) is 5.32 Å². The molecular weight excluding hydrogens is 400 g/mol. The number of hydrogen-bond donors (Lipinski definition) is 2. The molecule has 2 aromatic carbocycles. The second-order valence-electron chi connectivity index (χ2n) is 6.94. The van der Waals surface area contributed by atoms with Crippen LogP contribution in [0.2, 0.25) is 0 Å². The Hall–Kier alpha value is -3.45. The minimum Gasteiger partial charge on any atom is -0.425 e. The van der Waals surface area contributed by atoms with Crippen LogP contribution in [0.4, 0.5) is 5.69 Å². The van der Waals surface area contributed by atoms with Crippen LogP contribution in [0.15, 0.2) is 72.1 Å². The summed E-state index contributed by atoms with van der Waals surface area (Å²) in [6, 6.07) is 18.1. The fourth-order valence-electron chi connectivity index (χ4n) is 2.70. The molecule has 0 aliphatic carbocycles. The fourth-order valence-corrected chi connectivity index (χ4v) is 3.32. The van der Waals surface area contributed by atoms with Crippen LogP contribution in [-0.4, -0.2) is 23.8 Å². The lowest BCUT2D eigenvalue weighted by Crippen LogP contribution is -2.46. The number of rotatable bonds is 7. The van der Waals surface area contributed by atoms with Gasteiger partial charge in [0.05, 0.1) is 4.88 Å². The molecule has 0 bridgehead atoms. The Morgan fingerprint density at radius 1 is 0.867 bits per heavy atom. The molecule has 30 heavy (non-hydrogen) atoms. The van der Waals surface area contributed by atoms with E-state index in [-0.39, 0.29) is 17.7 Å². The number of nitrogens with one attached hydrogen (secondary N) is 2. The number of esters is 1. The smallest absolute Gasteiger partial charge is 0.334 e. The first-order chi connectivity index (χ1) is 14.4. The number of ether oxygens (including phenoxy) is 1. The summed E-state index contributed by atoms with van der Waals surface area (Å²) in [4.78, 5) is 37.6. The van der Waals surface area contributed by atoms with Gasteiger partial charge in [-0.2, -0.15) is 0 Å². The largest absolute Gasteiger partial charge is 0.425 e. The fraction of sp³-hybridized carbons (Fsp3) is 0.174. The third kappa shape index (κ3) is 5.55. The van der Waals surface area contributed by atoms with Gasteiger partial charge in [-0.1, -0.05) is 38.1 Å². The summed E-state index contributed by atoms with van der Waals surface area (Å²) in [5, 5.41) is 7.32. The zero-order valence-corrected chi connectivity index (χ0v) is 17.4. The van der Waals surface area contributed by atoms with Crippen LogP contribution < -0.4 is 15.4 Å². The number of hydrogen-bond acceptors (Lipinski definition) is 5. The van der Waals surface area contributed by atoms with Gasteiger partial charge in [0.25, 0.3) is 11.8 Å². The van der Waals surface area contributed by atoms with Crippen molar-refractivity contribution in [2.24, 2.45) is 5.92 Å². The molecule has 3 aromatic rings. The van der Waals surface area contributed by atoms with Crippen LogP contribution in [0, 0.1) is 5.92 Å². The van der Waals surface area contributed by atoms with E-state index in [1.165, 1.54) is 11.3 Å². The monoisotopic (exact) mass is 422 g/mol. The zero-order chi connectivity index (χ0) is 21.5. The van der Waals surface area contributed by atoms with Crippen molar-refractivity contribution in [1.29, 1.82) is 0 Å². The van der Waals surface area contributed by atoms with Gasteiger partial charge >= 0.3 is 5.97 Å². The van der Waals surface area contributed by atoms with Gasteiger partial charge in [-0.3, -0.25) is 9.59 Å². The van der Waals surface area contributed by atoms with Crippen LogP contribution in [0.25, 0.3) is 0 Å². The van der Waals surface area contributed by atoms with Crippen molar-refractivity contribution in [3.63, 3.8) is 0 Å². The molecule has 1 heterocycles. The van der Waals surface area contributed by atoms with Crippen molar-refractivity contribution in [2.75, 3.05) is 5.32 Å². The van der Waals surface area contributed by atoms with Gasteiger partial charge in [-0.05, 0) is 53.8 Å². The van der Waals surface area contributed by atoms with Gasteiger partial charge in [-0.25, -0.2) is 4.79 Å². The lowest BCUT2D eigenvalue weighted by molar-refractivity contribution is -0.137. The summed E-state index contributed by atoms with van der Waals surface area (Å²) >= 11 is 1.31. The van der Waals surface area contributed by atoms with Crippen molar-refractivity contribution < 1.29 is 19.1 Å². The normalized spacial score (nSPS) is 11.6. The molecule has 0 spiro atoms. The van der Waals surface area contributed by atoms with E-state index < -0.39 is 12.0 Å². The van der Waals surface area contributed by atoms with E-state index in [1.807, 2.05) is 19.9 Å². The van der Waals surface area contributed by atoms with E-state index in [0.29, 0.717) is 21.9 Å². The molecule has 3 rings (SSSR count). The first kappa shape index (κ1) is 21.3. The van der Waals surface area contributed by atoms with E-state index in [9.17, 15) is 14.4 Å². The third-order valence-electron chi connectivity index (χ3n) is 4.32. The van der Waals surface area contributed by atoms with E-state index in [1.54, 1.807) is 66.0 Å². The Bertz CT molecular complexity index is 999. The summed E-state index contributed by atoms with van der Waals surface area (Å²) in [5.74, 6) is -0.897. The highest BCUT2D eigenvalue weighted by molar-refractivity contribution is 7.12. The number of amides is 2. The molecule has 154 valence electrons. The molecule has 0 fully saturated rings. The Kier molecular flexibility index (Phi) is 6.98. The van der Waals surface area contributed by atoms with Crippen LogP contribution in [0.5, 0.6) is 5.75 Å². The van der Waals surface area contributed by atoms with Crippen LogP contribution in [0.1, 0.15) is 33.9 Å². The molecule has 1 unspecified atom stereocenters.